The molecule has 2 aliphatic rings. The largest absolute Gasteiger partial charge is 0.352 e. The fourth-order valence-electron chi connectivity index (χ4n) is 1.69. The lowest BCUT2D eigenvalue weighted by Crippen LogP contribution is -2.44. The topological polar surface area (TPSA) is 70.0 Å². The average molecular weight is 206 g/mol. The summed E-state index contributed by atoms with van der Waals surface area (Å²) in [5, 5.41) is 11.6. The zero-order chi connectivity index (χ0) is 10.8. The van der Waals surface area contributed by atoms with Crippen molar-refractivity contribution in [3.8, 4) is 6.07 Å². The van der Waals surface area contributed by atoms with Gasteiger partial charge in [-0.1, -0.05) is 0 Å². The van der Waals surface area contributed by atoms with Gasteiger partial charge in [0, 0.05) is 12.0 Å². The molecule has 2 rings (SSSR count). The minimum absolute atomic E-state index is 0.0261. The molecule has 0 saturated heterocycles. The first kappa shape index (κ1) is 10.2. The number of ketones is 1. The molecule has 0 bridgehead atoms. The number of hydrogen-bond donors (Lipinski definition) is 1. The summed E-state index contributed by atoms with van der Waals surface area (Å²) in [6.07, 6.45) is 4.75. The lowest BCUT2D eigenvalue weighted by atomic mass is 9.92. The average Bonchev–Trinajstić information content (AvgIpc) is 2.95. The predicted molar refractivity (Wildman–Crippen MR) is 52.6 cm³/mol. The molecule has 0 radical (unpaired) electrons. The van der Waals surface area contributed by atoms with Crippen LogP contribution in [-0.2, 0) is 9.59 Å². The van der Waals surface area contributed by atoms with Crippen LogP contribution in [0.2, 0.25) is 0 Å². The molecular weight excluding hydrogens is 192 g/mol. The second-order valence-electron chi connectivity index (χ2n) is 4.38. The van der Waals surface area contributed by atoms with Crippen molar-refractivity contribution in [3.63, 3.8) is 0 Å². The van der Waals surface area contributed by atoms with Gasteiger partial charge in [-0.2, -0.15) is 5.26 Å². The van der Waals surface area contributed by atoms with Crippen LogP contribution in [-0.4, -0.2) is 17.7 Å². The number of nitriles is 1. The number of hydrogen-bond acceptors (Lipinski definition) is 3. The molecule has 0 heterocycles. The predicted octanol–water partition coefficient (Wildman–Crippen LogP) is 0.774. The SMILES string of the molecule is N#CC(C(=O)NC1CCC1)C(=O)C1CC1. The Kier molecular flexibility index (Phi) is 2.72. The van der Waals surface area contributed by atoms with Crippen molar-refractivity contribution in [2.75, 3.05) is 0 Å². The number of nitrogens with one attached hydrogen (secondary N) is 1. The van der Waals surface area contributed by atoms with Crippen LogP contribution in [0.25, 0.3) is 0 Å². The van der Waals surface area contributed by atoms with Crippen molar-refractivity contribution < 1.29 is 9.59 Å². The van der Waals surface area contributed by atoms with Gasteiger partial charge in [-0.25, -0.2) is 0 Å². The summed E-state index contributed by atoms with van der Waals surface area (Å²) in [6, 6.07) is 2.01. The van der Waals surface area contributed by atoms with E-state index >= 15 is 0 Å². The van der Waals surface area contributed by atoms with Crippen molar-refractivity contribution in [1.82, 2.24) is 5.32 Å². The molecule has 0 aromatic heterocycles. The number of Topliss-reactive ketones (excluding diaryl/α,β-unsaturated/α-hetero) is 1. The molecule has 1 atom stereocenters. The summed E-state index contributed by atoms with van der Waals surface area (Å²) >= 11 is 0. The first-order valence-electron chi connectivity index (χ1n) is 5.46. The summed E-state index contributed by atoms with van der Waals surface area (Å²) in [6.45, 7) is 0. The molecule has 0 spiro atoms. The fourth-order valence-corrected chi connectivity index (χ4v) is 1.69. The van der Waals surface area contributed by atoms with Crippen molar-refractivity contribution in [3.05, 3.63) is 0 Å². The van der Waals surface area contributed by atoms with Gasteiger partial charge in [0.1, 0.15) is 0 Å². The highest BCUT2D eigenvalue weighted by molar-refractivity contribution is 6.05. The first-order valence-corrected chi connectivity index (χ1v) is 5.46. The molecule has 1 unspecified atom stereocenters. The fraction of sp³-hybridized carbons (Fsp3) is 0.727. The van der Waals surface area contributed by atoms with Crippen LogP contribution in [0.3, 0.4) is 0 Å². The summed E-state index contributed by atoms with van der Waals surface area (Å²) < 4.78 is 0. The van der Waals surface area contributed by atoms with Crippen LogP contribution in [0.4, 0.5) is 0 Å². The lowest BCUT2D eigenvalue weighted by Gasteiger charge is -2.27. The van der Waals surface area contributed by atoms with E-state index in [4.69, 9.17) is 5.26 Å². The standard InChI is InChI=1S/C11H14N2O2/c12-6-9(10(14)7-4-5-7)11(15)13-8-2-1-3-8/h7-9H,1-5H2,(H,13,15). The molecule has 0 aromatic rings. The van der Waals surface area contributed by atoms with Crippen LogP contribution in [0, 0.1) is 23.2 Å². The molecule has 4 nitrogen and oxygen atoms in total. The molecular formula is C11H14N2O2. The third kappa shape index (κ3) is 2.17. The Morgan fingerprint density at radius 2 is 1.93 bits per heavy atom. The Hall–Kier alpha value is -1.37. The molecule has 80 valence electrons. The van der Waals surface area contributed by atoms with Gasteiger partial charge in [0.2, 0.25) is 5.91 Å². The number of carbonyl (C=O) groups excluding carboxylic acids is 2. The minimum Gasteiger partial charge on any atom is -0.352 e. The van der Waals surface area contributed by atoms with Gasteiger partial charge >= 0.3 is 0 Å². The van der Waals surface area contributed by atoms with E-state index in [-0.39, 0.29) is 23.7 Å². The van der Waals surface area contributed by atoms with E-state index in [1.165, 1.54) is 0 Å². The maximum absolute atomic E-state index is 11.6. The zero-order valence-electron chi connectivity index (χ0n) is 8.53. The van der Waals surface area contributed by atoms with Crippen molar-refractivity contribution in [1.29, 1.82) is 5.26 Å². The Bertz CT molecular complexity index is 324. The second kappa shape index (κ2) is 4.01. The second-order valence-corrected chi connectivity index (χ2v) is 4.38. The maximum atomic E-state index is 11.6. The Morgan fingerprint density at radius 1 is 1.27 bits per heavy atom. The van der Waals surface area contributed by atoms with E-state index in [1.54, 1.807) is 0 Å². The zero-order valence-corrected chi connectivity index (χ0v) is 8.53. The van der Waals surface area contributed by atoms with Gasteiger partial charge in [0.25, 0.3) is 0 Å². The number of amides is 1. The molecule has 0 aromatic carbocycles. The number of nitrogens with zero attached hydrogens (tertiary/aromatic N) is 1. The summed E-state index contributed by atoms with van der Waals surface area (Å²) in [7, 11) is 0. The third-order valence-corrected chi connectivity index (χ3v) is 3.11. The molecule has 0 aliphatic heterocycles. The van der Waals surface area contributed by atoms with E-state index in [0.29, 0.717) is 0 Å². The third-order valence-electron chi connectivity index (χ3n) is 3.11. The van der Waals surface area contributed by atoms with Gasteiger partial charge in [-0.05, 0) is 32.1 Å². The minimum atomic E-state index is -1.07. The highest BCUT2D eigenvalue weighted by Gasteiger charge is 2.39. The lowest BCUT2D eigenvalue weighted by molar-refractivity contribution is -0.133. The van der Waals surface area contributed by atoms with E-state index in [9.17, 15) is 9.59 Å². The van der Waals surface area contributed by atoms with E-state index in [0.717, 1.165) is 32.1 Å². The van der Waals surface area contributed by atoms with Crippen LogP contribution >= 0.6 is 0 Å². The van der Waals surface area contributed by atoms with Crippen molar-refractivity contribution in [2.45, 2.75) is 38.1 Å². The Balaban J connectivity index is 1.90. The summed E-state index contributed by atoms with van der Waals surface area (Å²) in [5.74, 6) is -1.67. The summed E-state index contributed by atoms with van der Waals surface area (Å²) in [4.78, 5) is 23.2. The Morgan fingerprint density at radius 3 is 2.33 bits per heavy atom. The molecule has 15 heavy (non-hydrogen) atoms. The van der Waals surface area contributed by atoms with Gasteiger partial charge in [0.05, 0.1) is 6.07 Å². The van der Waals surface area contributed by atoms with Crippen LogP contribution < -0.4 is 5.32 Å². The molecule has 2 aliphatic carbocycles. The van der Waals surface area contributed by atoms with Gasteiger partial charge in [0.15, 0.2) is 11.7 Å². The highest BCUT2D eigenvalue weighted by Crippen LogP contribution is 2.32. The van der Waals surface area contributed by atoms with Crippen LogP contribution in [0.15, 0.2) is 0 Å². The van der Waals surface area contributed by atoms with Crippen LogP contribution in [0.1, 0.15) is 32.1 Å². The monoisotopic (exact) mass is 206 g/mol. The van der Waals surface area contributed by atoms with Crippen molar-refractivity contribution >= 4 is 11.7 Å². The molecule has 1 amide bonds. The normalized spacial score (nSPS) is 22.3. The van der Waals surface area contributed by atoms with Gasteiger partial charge in [-0.15, -0.1) is 0 Å². The van der Waals surface area contributed by atoms with Crippen molar-refractivity contribution in [2.24, 2.45) is 11.8 Å². The molecule has 1 N–H and O–H groups in total. The molecule has 4 heteroatoms. The highest BCUT2D eigenvalue weighted by atomic mass is 16.2. The maximum Gasteiger partial charge on any atom is 0.245 e. The van der Waals surface area contributed by atoms with Gasteiger partial charge < -0.3 is 5.32 Å². The number of rotatable bonds is 4. The number of carbonyl (C=O) groups is 2. The Labute approximate surface area is 88.6 Å². The van der Waals surface area contributed by atoms with E-state index in [1.807, 2.05) is 6.07 Å². The van der Waals surface area contributed by atoms with E-state index in [2.05, 4.69) is 5.32 Å². The van der Waals surface area contributed by atoms with E-state index < -0.39 is 5.92 Å². The molecule has 2 saturated carbocycles. The van der Waals surface area contributed by atoms with Gasteiger partial charge in [-0.3, -0.25) is 9.59 Å². The first-order chi connectivity index (χ1) is 7.22. The quantitative estimate of drug-likeness (QED) is 0.691. The summed E-state index contributed by atoms with van der Waals surface area (Å²) in [5.41, 5.74) is 0. The molecule has 2 fully saturated rings. The van der Waals surface area contributed by atoms with Crippen LogP contribution in [0.5, 0.6) is 0 Å². The smallest absolute Gasteiger partial charge is 0.245 e.